The van der Waals surface area contributed by atoms with Crippen LogP contribution in [0.5, 0.6) is 0 Å². The van der Waals surface area contributed by atoms with Crippen LogP contribution in [0.3, 0.4) is 0 Å². The molecule has 118 valence electrons. The van der Waals surface area contributed by atoms with Crippen LogP contribution in [-0.4, -0.2) is 31.2 Å². The van der Waals surface area contributed by atoms with Gasteiger partial charge in [-0.3, -0.25) is 9.35 Å². The fraction of sp³-hybridized carbons (Fsp3) is 0.533. The molecule has 0 heterocycles. The minimum atomic E-state index is -4.04. The highest BCUT2D eigenvalue weighted by Crippen LogP contribution is 2.17. The van der Waals surface area contributed by atoms with E-state index >= 15 is 0 Å². The molecule has 1 amide bonds. The largest absolute Gasteiger partial charge is 0.354 e. The Bertz CT molecular complexity index is 564. The highest BCUT2D eigenvalue weighted by molar-refractivity contribution is 7.85. The first-order valence-electron chi connectivity index (χ1n) is 7.00. The Morgan fingerprint density at radius 1 is 1.19 bits per heavy atom. The normalized spacial score (nSPS) is 13.2. The van der Waals surface area contributed by atoms with Gasteiger partial charge in [0.15, 0.2) is 0 Å². The van der Waals surface area contributed by atoms with E-state index in [0.717, 1.165) is 12.0 Å². The number of carbonyl (C=O) groups is 1. The van der Waals surface area contributed by atoms with Crippen LogP contribution in [0.1, 0.15) is 37.8 Å². The molecule has 0 radical (unpaired) electrons. The first kappa shape index (κ1) is 17.7. The first-order chi connectivity index (χ1) is 9.69. The second-order valence-electron chi connectivity index (χ2n) is 5.64. The molecule has 0 saturated carbocycles. The van der Waals surface area contributed by atoms with Gasteiger partial charge in [0.1, 0.15) is 0 Å². The Hall–Kier alpha value is -1.40. The maximum absolute atomic E-state index is 11.9. The Morgan fingerprint density at radius 2 is 1.76 bits per heavy atom. The molecule has 0 spiro atoms. The molecule has 0 fully saturated rings. The molecule has 0 aromatic heterocycles. The summed E-state index contributed by atoms with van der Waals surface area (Å²) in [7, 11) is -4.04. The van der Waals surface area contributed by atoms with Crippen molar-refractivity contribution in [2.75, 3.05) is 12.3 Å². The summed E-state index contributed by atoms with van der Waals surface area (Å²) in [5.41, 5.74) is 2.11. The third-order valence-corrected chi connectivity index (χ3v) is 3.90. The number of hydrogen-bond donors (Lipinski definition) is 2. The average Bonchev–Trinajstić information content (AvgIpc) is 2.36. The van der Waals surface area contributed by atoms with Gasteiger partial charge in [0.2, 0.25) is 5.91 Å². The summed E-state index contributed by atoms with van der Waals surface area (Å²) in [6.07, 6.45) is 0.995. The van der Waals surface area contributed by atoms with Crippen molar-refractivity contribution in [1.29, 1.82) is 0 Å². The van der Waals surface area contributed by atoms with E-state index in [1.807, 2.05) is 24.3 Å². The lowest BCUT2D eigenvalue weighted by Crippen LogP contribution is -2.32. The van der Waals surface area contributed by atoms with E-state index in [0.29, 0.717) is 5.92 Å². The van der Waals surface area contributed by atoms with Gasteiger partial charge < -0.3 is 5.32 Å². The van der Waals surface area contributed by atoms with Crippen molar-refractivity contribution in [3.8, 4) is 0 Å². The van der Waals surface area contributed by atoms with Crippen LogP contribution >= 0.6 is 0 Å². The fourth-order valence-electron chi connectivity index (χ4n) is 2.02. The number of benzene rings is 1. The van der Waals surface area contributed by atoms with Crippen LogP contribution in [0.2, 0.25) is 0 Å². The SMILES string of the molecule is CC(C)Cc1ccc(C(C)C(=O)NCCS(=O)(=O)O)cc1. The summed E-state index contributed by atoms with van der Waals surface area (Å²) in [4.78, 5) is 11.9. The first-order valence-corrected chi connectivity index (χ1v) is 8.61. The van der Waals surface area contributed by atoms with Gasteiger partial charge in [0, 0.05) is 6.54 Å². The van der Waals surface area contributed by atoms with Gasteiger partial charge in [0.05, 0.1) is 11.7 Å². The van der Waals surface area contributed by atoms with E-state index in [1.165, 1.54) is 5.56 Å². The minimum Gasteiger partial charge on any atom is -0.354 e. The van der Waals surface area contributed by atoms with Gasteiger partial charge in [-0.25, -0.2) is 0 Å². The van der Waals surface area contributed by atoms with Crippen LogP contribution in [0.15, 0.2) is 24.3 Å². The summed E-state index contributed by atoms with van der Waals surface area (Å²) >= 11 is 0. The van der Waals surface area contributed by atoms with Gasteiger partial charge >= 0.3 is 0 Å². The molecule has 2 N–H and O–H groups in total. The van der Waals surface area contributed by atoms with Gasteiger partial charge in [0.25, 0.3) is 10.1 Å². The third kappa shape index (κ3) is 6.73. The minimum absolute atomic E-state index is 0.0898. The average molecular weight is 313 g/mol. The molecular formula is C15H23NO4S. The molecule has 1 aromatic rings. The molecule has 0 saturated heterocycles. The summed E-state index contributed by atoms with van der Waals surface area (Å²) in [5.74, 6) is -0.509. The van der Waals surface area contributed by atoms with Crippen molar-refractivity contribution in [1.82, 2.24) is 5.32 Å². The van der Waals surface area contributed by atoms with Crippen LogP contribution in [-0.2, 0) is 21.3 Å². The predicted octanol–water partition coefficient (Wildman–Crippen LogP) is 1.99. The van der Waals surface area contributed by atoms with Crippen molar-refractivity contribution in [3.63, 3.8) is 0 Å². The van der Waals surface area contributed by atoms with E-state index in [2.05, 4.69) is 19.2 Å². The smallest absolute Gasteiger partial charge is 0.266 e. The van der Waals surface area contributed by atoms with E-state index in [1.54, 1.807) is 6.92 Å². The summed E-state index contributed by atoms with van der Waals surface area (Å²) in [5, 5.41) is 2.51. The topological polar surface area (TPSA) is 83.5 Å². The van der Waals surface area contributed by atoms with Crippen molar-refractivity contribution in [2.45, 2.75) is 33.1 Å². The monoisotopic (exact) mass is 313 g/mol. The molecule has 1 atom stereocenters. The number of nitrogens with one attached hydrogen (secondary N) is 1. The molecule has 1 unspecified atom stereocenters. The lowest BCUT2D eigenvalue weighted by Gasteiger charge is -2.13. The standard InChI is InChI=1S/C15H23NO4S/c1-11(2)10-13-4-6-14(7-5-13)12(3)15(17)16-8-9-21(18,19)20/h4-7,11-12H,8-10H2,1-3H3,(H,16,17)(H,18,19,20). The molecule has 6 heteroatoms. The van der Waals surface area contributed by atoms with Gasteiger partial charge in [-0.15, -0.1) is 0 Å². The Balaban J connectivity index is 2.57. The molecule has 0 aliphatic heterocycles. The third-order valence-electron chi connectivity index (χ3n) is 3.18. The zero-order valence-corrected chi connectivity index (χ0v) is 13.5. The highest BCUT2D eigenvalue weighted by atomic mass is 32.2. The van der Waals surface area contributed by atoms with Crippen molar-refractivity contribution < 1.29 is 17.8 Å². The Morgan fingerprint density at radius 3 is 2.24 bits per heavy atom. The van der Waals surface area contributed by atoms with Crippen LogP contribution in [0, 0.1) is 5.92 Å². The van der Waals surface area contributed by atoms with E-state index in [9.17, 15) is 13.2 Å². The number of carbonyl (C=O) groups excluding carboxylic acids is 1. The Kier molecular flexibility index (Phi) is 6.36. The van der Waals surface area contributed by atoms with Crippen LogP contribution in [0.4, 0.5) is 0 Å². The van der Waals surface area contributed by atoms with Gasteiger partial charge in [-0.1, -0.05) is 38.1 Å². The molecular weight excluding hydrogens is 290 g/mol. The predicted molar refractivity (Wildman–Crippen MR) is 82.8 cm³/mol. The van der Waals surface area contributed by atoms with E-state index in [4.69, 9.17) is 4.55 Å². The molecule has 0 aliphatic rings. The summed E-state index contributed by atoms with van der Waals surface area (Å²) in [6.45, 7) is 5.98. The van der Waals surface area contributed by atoms with Crippen molar-refractivity contribution in [3.05, 3.63) is 35.4 Å². The second-order valence-corrected chi connectivity index (χ2v) is 7.21. The van der Waals surface area contributed by atoms with Crippen molar-refractivity contribution >= 4 is 16.0 Å². The summed E-state index contributed by atoms with van der Waals surface area (Å²) in [6, 6.07) is 7.87. The number of rotatable bonds is 7. The van der Waals surface area contributed by atoms with E-state index in [-0.39, 0.29) is 18.4 Å². The maximum atomic E-state index is 11.9. The highest BCUT2D eigenvalue weighted by Gasteiger charge is 2.15. The van der Waals surface area contributed by atoms with E-state index < -0.39 is 15.9 Å². The number of amides is 1. The molecule has 1 aromatic carbocycles. The van der Waals surface area contributed by atoms with Crippen LogP contribution < -0.4 is 5.32 Å². The van der Waals surface area contributed by atoms with Gasteiger partial charge in [-0.2, -0.15) is 8.42 Å². The molecule has 1 rings (SSSR count). The molecule has 0 bridgehead atoms. The number of hydrogen-bond acceptors (Lipinski definition) is 3. The Labute approximate surface area is 126 Å². The van der Waals surface area contributed by atoms with Gasteiger partial charge in [-0.05, 0) is 30.4 Å². The summed E-state index contributed by atoms with van der Waals surface area (Å²) < 4.78 is 29.8. The molecule has 5 nitrogen and oxygen atoms in total. The zero-order valence-electron chi connectivity index (χ0n) is 12.7. The maximum Gasteiger partial charge on any atom is 0.266 e. The molecule has 0 aliphatic carbocycles. The quantitative estimate of drug-likeness (QED) is 0.754. The second kappa shape index (κ2) is 7.56. The van der Waals surface area contributed by atoms with Crippen LogP contribution in [0.25, 0.3) is 0 Å². The lowest BCUT2D eigenvalue weighted by atomic mass is 9.96. The zero-order chi connectivity index (χ0) is 16.0. The lowest BCUT2D eigenvalue weighted by molar-refractivity contribution is -0.122. The van der Waals surface area contributed by atoms with Crippen molar-refractivity contribution in [2.24, 2.45) is 5.92 Å². The molecule has 21 heavy (non-hydrogen) atoms. The fourth-order valence-corrected chi connectivity index (χ4v) is 2.38.